The smallest absolute Gasteiger partial charge is 0.329 e. The van der Waals surface area contributed by atoms with Crippen LogP contribution in [0.15, 0.2) is 39.0 Å². The summed E-state index contributed by atoms with van der Waals surface area (Å²) in [5.41, 5.74) is 3.24. The fourth-order valence-corrected chi connectivity index (χ4v) is 2.59. The predicted molar refractivity (Wildman–Crippen MR) is 99.8 cm³/mol. The molecule has 0 fully saturated rings. The highest BCUT2D eigenvalue weighted by molar-refractivity contribution is 5.80. The van der Waals surface area contributed by atoms with Crippen molar-refractivity contribution in [2.24, 2.45) is 18.1 Å². The monoisotopic (exact) mass is 356 g/mol. The van der Waals surface area contributed by atoms with Crippen molar-refractivity contribution in [3.05, 3.63) is 50.7 Å². The molecule has 26 heavy (non-hydrogen) atoms. The SMILES string of the molecule is CC(C)Cn1c(N/N=C/c2ccc(O)cc2)nc2c1c(=O)[nH]c(=O)n2C. The van der Waals surface area contributed by atoms with Gasteiger partial charge in [0.1, 0.15) is 5.75 Å². The van der Waals surface area contributed by atoms with Gasteiger partial charge in [0.05, 0.1) is 6.21 Å². The molecule has 3 aromatic rings. The maximum atomic E-state index is 12.3. The number of aromatic nitrogens is 4. The van der Waals surface area contributed by atoms with Crippen LogP contribution in [0.4, 0.5) is 5.95 Å². The maximum Gasteiger partial charge on any atom is 0.329 e. The molecule has 9 nitrogen and oxygen atoms in total. The van der Waals surface area contributed by atoms with Crippen molar-refractivity contribution in [3.8, 4) is 5.75 Å². The minimum absolute atomic E-state index is 0.175. The van der Waals surface area contributed by atoms with Crippen LogP contribution in [0.1, 0.15) is 19.4 Å². The second-order valence-corrected chi connectivity index (χ2v) is 6.39. The van der Waals surface area contributed by atoms with Crippen molar-refractivity contribution in [1.82, 2.24) is 19.1 Å². The fraction of sp³-hybridized carbons (Fsp3) is 0.294. The zero-order valence-corrected chi connectivity index (χ0v) is 14.7. The Kier molecular flexibility index (Phi) is 4.61. The van der Waals surface area contributed by atoms with Crippen molar-refractivity contribution in [3.63, 3.8) is 0 Å². The number of imidazole rings is 1. The summed E-state index contributed by atoms with van der Waals surface area (Å²) in [5, 5.41) is 13.4. The summed E-state index contributed by atoms with van der Waals surface area (Å²) >= 11 is 0. The van der Waals surface area contributed by atoms with Gasteiger partial charge in [-0.25, -0.2) is 10.2 Å². The van der Waals surface area contributed by atoms with E-state index in [1.54, 1.807) is 42.1 Å². The maximum absolute atomic E-state index is 12.3. The van der Waals surface area contributed by atoms with Crippen molar-refractivity contribution in [1.29, 1.82) is 0 Å². The van der Waals surface area contributed by atoms with E-state index in [0.717, 1.165) is 5.56 Å². The molecule has 1 aromatic carbocycles. The van der Waals surface area contributed by atoms with E-state index in [1.165, 1.54) is 4.57 Å². The van der Waals surface area contributed by atoms with Crippen molar-refractivity contribution in [2.75, 3.05) is 5.43 Å². The first kappa shape index (κ1) is 17.5. The average Bonchev–Trinajstić information content (AvgIpc) is 2.93. The van der Waals surface area contributed by atoms with Gasteiger partial charge in [-0.15, -0.1) is 0 Å². The topological polar surface area (TPSA) is 117 Å². The van der Waals surface area contributed by atoms with Gasteiger partial charge in [-0.05, 0) is 35.7 Å². The molecule has 3 rings (SSSR count). The highest BCUT2D eigenvalue weighted by Gasteiger charge is 2.17. The van der Waals surface area contributed by atoms with Crippen molar-refractivity contribution >= 4 is 23.3 Å². The lowest BCUT2D eigenvalue weighted by molar-refractivity contribution is 0.475. The number of aromatic hydroxyl groups is 1. The number of nitrogens with one attached hydrogen (secondary N) is 2. The molecular formula is C17H20N6O3. The molecule has 2 aromatic heterocycles. The molecule has 0 aliphatic carbocycles. The highest BCUT2D eigenvalue weighted by atomic mass is 16.3. The number of H-pyrrole nitrogens is 1. The largest absolute Gasteiger partial charge is 0.508 e. The molecule has 9 heteroatoms. The molecule has 0 atom stereocenters. The second kappa shape index (κ2) is 6.87. The lowest BCUT2D eigenvalue weighted by Crippen LogP contribution is -2.29. The number of fused-ring (bicyclic) bond motifs is 1. The Bertz CT molecular complexity index is 1070. The van der Waals surface area contributed by atoms with Gasteiger partial charge in [0, 0.05) is 13.6 Å². The summed E-state index contributed by atoms with van der Waals surface area (Å²) < 4.78 is 3.01. The number of nitrogens with zero attached hydrogens (tertiary/aromatic N) is 4. The zero-order valence-electron chi connectivity index (χ0n) is 14.7. The van der Waals surface area contributed by atoms with Crippen molar-refractivity contribution in [2.45, 2.75) is 20.4 Å². The van der Waals surface area contributed by atoms with Gasteiger partial charge in [-0.2, -0.15) is 10.1 Å². The molecule has 0 aliphatic heterocycles. The molecule has 0 radical (unpaired) electrons. The van der Waals surface area contributed by atoms with E-state index < -0.39 is 11.2 Å². The summed E-state index contributed by atoms with van der Waals surface area (Å²) in [7, 11) is 1.55. The van der Waals surface area contributed by atoms with E-state index >= 15 is 0 Å². The van der Waals surface area contributed by atoms with E-state index in [2.05, 4.69) is 20.5 Å². The number of anilines is 1. The van der Waals surface area contributed by atoms with E-state index in [0.29, 0.717) is 23.7 Å². The molecule has 3 N–H and O–H groups in total. The van der Waals surface area contributed by atoms with Crippen LogP contribution in [0.2, 0.25) is 0 Å². The normalized spacial score (nSPS) is 11.7. The molecule has 2 heterocycles. The Morgan fingerprint density at radius 2 is 2.00 bits per heavy atom. The van der Waals surface area contributed by atoms with Crippen LogP contribution in [0, 0.1) is 5.92 Å². The third-order valence-corrected chi connectivity index (χ3v) is 3.83. The molecule has 0 saturated heterocycles. The molecule has 0 aliphatic rings. The Balaban J connectivity index is 2.02. The van der Waals surface area contributed by atoms with Gasteiger partial charge < -0.3 is 9.67 Å². The van der Waals surface area contributed by atoms with Crippen LogP contribution in [0.25, 0.3) is 11.2 Å². The third kappa shape index (κ3) is 3.37. The van der Waals surface area contributed by atoms with Crippen LogP contribution < -0.4 is 16.7 Å². The van der Waals surface area contributed by atoms with Crippen LogP contribution in [0.3, 0.4) is 0 Å². The number of benzene rings is 1. The van der Waals surface area contributed by atoms with E-state index in [-0.39, 0.29) is 11.7 Å². The minimum Gasteiger partial charge on any atom is -0.508 e. The third-order valence-electron chi connectivity index (χ3n) is 3.83. The van der Waals surface area contributed by atoms with Gasteiger partial charge in [0.15, 0.2) is 11.2 Å². The first-order valence-electron chi connectivity index (χ1n) is 8.14. The average molecular weight is 356 g/mol. The summed E-state index contributed by atoms with van der Waals surface area (Å²) in [5.74, 6) is 0.801. The summed E-state index contributed by atoms with van der Waals surface area (Å²) in [6, 6.07) is 6.55. The Morgan fingerprint density at radius 3 is 2.65 bits per heavy atom. The lowest BCUT2D eigenvalue weighted by atomic mass is 10.2. The number of aryl methyl sites for hydroxylation is 1. The van der Waals surface area contributed by atoms with E-state index in [4.69, 9.17) is 0 Å². The zero-order chi connectivity index (χ0) is 18.8. The number of hydrazone groups is 1. The summed E-state index contributed by atoms with van der Waals surface area (Å²) in [4.78, 5) is 30.8. The van der Waals surface area contributed by atoms with Crippen LogP contribution in [0.5, 0.6) is 5.75 Å². The lowest BCUT2D eigenvalue weighted by Gasteiger charge is -2.10. The quantitative estimate of drug-likeness (QED) is 0.469. The summed E-state index contributed by atoms with van der Waals surface area (Å²) in [6.45, 7) is 4.58. The fourth-order valence-electron chi connectivity index (χ4n) is 2.59. The van der Waals surface area contributed by atoms with Crippen LogP contribution in [-0.4, -0.2) is 30.4 Å². The van der Waals surface area contributed by atoms with Gasteiger partial charge in [-0.3, -0.25) is 14.3 Å². The van der Waals surface area contributed by atoms with E-state index in [1.807, 2.05) is 13.8 Å². The Morgan fingerprint density at radius 1 is 1.31 bits per heavy atom. The standard InChI is InChI=1S/C17H20N6O3/c1-10(2)9-23-13-14(22(3)17(26)20-15(13)25)19-16(23)21-18-8-11-4-6-12(24)7-5-11/h4-8,10,24H,9H2,1-3H3,(H,19,21)(H,20,25,26)/b18-8+. The molecule has 0 saturated carbocycles. The molecule has 0 spiro atoms. The summed E-state index contributed by atoms with van der Waals surface area (Å²) in [6.07, 6.45) is 1.57. The number of phenolic OH excluding ortho intramolecular Hbond substituents is 1. The molecule has 0 bridgehead atoms. The molecule has 136 valence electrons. The number of hydrogen-bond donors (Lipinski definition) is 3. The van der Waals surface area contributed by atoms with Gasteiger partial charge in [-0.1, -0.05) is 13.8 Å². The number of hydrogen-bond acceptors (Lipinski definition) is 6. The number of aromatic amines is 1. The first-order chi connectivity index (χ1) is 12.4. The molecule has 0 unspecified atom stereocenters. The highest BCUT2D eigenvalue weighted by Crippen LogP contribution is 2.17. The Labute approximate surface area is 148 Å². The number of rotatable bonds is 5. The first-order valence-corrected chi connectivity index (χ1v) is 8.14. The van der Waals surface area contributed by atoms with Gasteiger partial charge in [0.2, 0.25) is 5.95 Å². The number of phenols is 1. The van der Waals surface area contributed by atoms with Gasteiger partial charge in [0.25, 0.3) is 5.56 Å². The van der Waals surface area contributed by atoms with Gasteiger partial charge >= 0.3 is 5.69 Å². The Hall–Kier alpha value is -3.36. The molecular weight excluding hydrogens is 336 g/mol. The predicted octanol–water partition coefficient (Wildman–Crippen LogP) is 1.23. The minimum atomic E-state index is -0.518. The second-order valence-electron chi connectivity index (χ2n) is 6.39. The van der Waals surface area contributed by atoms with Crippen LogP contribution >= 0.6 is 0 Å². The van der Waals surface area contributed by atoms with E-state index in [9.17, 15) is 14.7 Å². The van der Waals surface area contributed by atoms with Crippen molar-refractivity contribution < 1.29 is 5.11 Å². The molecule has 0 amide bonds. The van der Waals surface area contributed by atoms with Crippen LogP contribution in [-0.2, 0) is 13.6 Å².